The van der Waals surface area contributed by atoms with Crippen molar-refractivity contribution in [3.05, 3.63) is 11.7 Å². The number of hydrogen-bond donors (Lipinski definition) is 1. The highest BCUT2D eigenvalue weighted by Gasteiger charge is 2.45. The molecule has 2 fully saturated rings. The summed E-state index contributed by atoms with van der Waals surface area (Å²) in [5.41, 5.74) is 0.211. The molecule has 0 aromatic carbocycles. The molecular formula is C9H13N3O. The lowest BCUT2D eigenvalue weighted by molar-refractivity contribution is 0.338. The molecular weight excluding hydrogens is 166 g/mol. The van der Waals surface area contributed by atoms with Gasteiger partial charge < -0.3 is 9.84 Å². The van der Waals surface area contributed by atoms with E-state index in [4.69, 9.17) is 4.52 Å². The molecule has 70 valence electrons. The Bertz CT molecular complexity index is 325. The molecule has 1 saturated carbocycles. The molecule has 0 atom stereocenters. The normalized spacial score (nSPS) is 25.6. The van der Waals surface area contributed by atoms with E-state index in [0.29, 0.717) is 5.92 Å². The van der Waals surface area contributed by atoms with Crippen LogP contribution in [0.25, 0.3) is 0 Å². The Hall–Kier alpha value is -0.900. The summed E-state index contributed by atoms with van der Waals surface area (Å²) >= 11 is 0. The van der Waals surface area contributed by atoms with Crippen LogP contribution in [0.5, 0.6) is 0 Å². The molecule has 0 unspecified atom stereocenters. The molecule has 1 N–H and O–H groups in total. The predicted octanol–water partition coefficient (Wildman–Crippen LogP) is 0.808. The maximum atomic E-state index is 5.26. The predicted molar refractivity (Wildman–Crippen MR) is 46.5 cm³/mol. The van der Waals surface area contributed by atoms with Crippen molar-refractivity contribution in [3.8, 4) is 0 Å². The SMILES string of the molecule is CC1(c2nc(C3CNC3)no2)CC1. The molecule has 1 aromatic rings. The van der Waals surface area contributed by atoms with E-state index in [9.17, 15) is 0 Å². The first-order chi connectivity index (χ1) is 6.28. The van der Waals surface area contributed by atoms with Crippen molar-refractivity contribution in [2.75, 3.05) is 13.1 Å². The lowest BCUT2D eigenvalue weighted by atomic mass is 10.0. The molecule has 0 radical (unpaired) electrons. The van der Waals surface area contributed by atoms with Crippen LogP contribution in [0.4, 0.5) is 0 Å². The van der Waals surface area contributed by atoms with Crippen LogP contribution in [0.2, 0.25) is 0 Å². The van der Waals surface area contributed by atoms with E-state index in [0.717, 1.165) is 24.8 Å². The molecule has 4 nitrogen and oxygen atoms in total. The van der Waals surface area contributed by atoms with Crippen LogP contribution in [0, 0.1) is 0 Å². The van der Waals surface area contributed by atoms with Crippen molar-refractivity contribution in [2.45, 2.75) is 31.1 Å². The maximum absolute atomic E-state index is 5.26. The first kappa shape index (κ1) is 7.50. The topological polar surface area (TPSA) is 51.0 Å². The van der Waals surface area contributed by atoms with Gasteiger partial charge in [-0.3, -0.25) is 0 Å². The summed E-state index contributed by atoms with van der Waals surface area (Å²) < 4.78 is 5.26. The number of hydrogen-bond acceptors (Lipinski definition) is 4. The van der Waals surface area contributed by atoms with Gasteiger partial charge in [0.15, 0.2) is 5.82 Å². The van der Waals surface area contributed by atoms with Crippen molar-refractivity contribution >= 4 is 0 Å². The van der Waals surface area contributed by atoms with E-state index in [1.807, 2.05) is 0 Å². The van der Waals surface area contributed by atoms with E-state index in [2.05, 4.69) is 22.4 Å². The van der Waals surface area contributed by atoms with Crippen molar-refractivity contribution in [2.24, 2.45) is 0 Å². The number of rotatable bonds is 2. The Morgan fingerprint density at radius 1 is 1.46 bits per heavy atom. The fourth-order valence-corrected chi connectivity index (χ4v) is 1.52. The highest BCUT2D eigenvalue weighted by Crippen LogP contribution is 2.46. The molecule has 2 heterocycles. The van der Waals surface area contributed by atoms with Crippen molar-refractivity contribution in [3.63, 3.8) is 0 Å². The van der Waals surface area contributed by atoms with E-state index in [-0.39, 0.29) is 5.41 Å². The van der Waals surface area contributed by atoms with E-state index < -0.39 is 0 Å². The summed E-state index contributed by atoms with van der Waals surface area (Å²) in [5.74, 6) is 2.22. The first-order valence-corrected chi connectivity index (χ1v) is 4.83. The zero-order valence-corrected chi connectivity index (χ0v) is 7.71. The molecule has 1 saturated heterocycles. The highest BCUT2D eigenvalue weighted by atomic mass is 16.5. The van der Waals surface area contributed by atoms with Crippen LogP contribution in [0.1, 0.15) is 37.4 Å². The Morgan fingerprint density at radius 2 is 2.23 bits per heavy atom. The molecule has 1 aliphatic carbocycles. The van der Waals surface area contributed by atoms with Crippen LogP contribution >= 0.6 is 0 Å². The minimum atomic E-state index is 0.211. The van der Waals surface area contributed by atoms with E-state index >= 15 is 0 Å². The van der Waals surface area contributed by atoms with Gasteiger partial charge in [0.1, 0.15) is 0 Å². The molecule has 0 spiro atoms. The smallest absolute Gasteiger partial charge is 0.232 e. The second kappa shape index (κ2) is 2.32. The lowest BCUT2D eigenvalue weighted by Gasteiger charge is -2.23. The molecule has 3 rings (SSSR count). The van der Waals surface area contributed by atoms with Gasteiger partial charge >= 0.3 is 0 Å². The zero-order chi connectivity index (χ0) is 8.89. The maximum Gasteiger partial charge on any atom is 0.232 e. The van der Waals surface area contributed by atoms with Gasteiger partial charge in [0.05, 0.1) is 0 Å². The molecule has 1 aromatic heterocycles. The van der Waals surface area contributed by atoms with Crippen LogP contribution in [0.3, 0.4) is 0 Å². The molecule has 0 bridgehead atoms. The quantitative estimate of drug-likeness (QED) is 0.729. The van der Waals surface area contributed by atoms with Crippen molar-refractivity contribution < 1.29 is 4.52 Å². The minimum absolute atomic E-state index is 0.211. The molecule has 2 aliphatic rings. The van der Waals surface area contributed by atoms with Crippen LogP contribution in [-0.4, -0.2) is 23.2 Å². The van der Waals surface area contributed by atoms with Crippen molar-refractivity contribution in [1.29, 1.82) is 0 Å². The summed E-state index contributed by atoms with van der Waals surface area (Å²) in [6, 6.07) is 0. The van der Waals surface area contributed by atoms with Gasteiger partial charge in [0.2, 0.25) is 5.89 Å². The van der Waals surface area contributed by atoms with E-state index in [1.54, 1.807) is 0 Å². The third kappa shape index (κ3) is 1.09. The molecule has 4 heteroatoms. The summed E-state index contributed by atoms with van der Waals surface area (Å²) in [5, 5.41) is 7.22. The number of nitrogens with one attached hydrogen (secondary N) is 1. The van der Waals surface area contributed by atoms with Gasteiger partial charge in [-0.05, 0) is 12.8 Å². The highest BCUT2D eigenvalue weighted by molar-refractivity contribution is 5.14. The van der Waals surface area contributed by atoms with Gasteiger partial charge in [-0.2, -0.15) is 4.98 Å². The lowest BCUT2D eigenvalue weighted by Crippen LogP contribution is -2.40. The standard InChI is InChI=1S/C9H13N3O/c1-9(2-3-9)8-11-7(12-13-8)6-4-10-5-6/h6,10H,2-5H2,1H3. The zero-order valence-electron chi connectivity index (χ0n) is 7.71. The average molecular weight is 179 g/mol. The third-order valence-corrected chi connectivity index (χ3v) is 3.10. The Balaban J connectivity index is 1.85. The summed E-state index contributed by atoms with van der Waals surface area (Å²) in [4.78, 5) is 4.45. The Kier molecular flexibility index (Phi) is 1.34. The second-order valence-corrected chi connectivity index (χ2v) is 4.37. The van der Waals surface area contributed by atoms with Crippen LogP contribution in [0.15, 0.2) is 4.52 Å². The van der Waals surface area contributed by atoms with Gasteiger partial charge in [-0.1, -0.05) is 12.1 Å². The third-order valence-electron chi connectivity index (χ3n) is 3.10. The molecule has 13 heavy (non-hydrogen) atoms. The summed E-state index contributed by atoms with van der Waals surface area (Å²) in [7, 11) is 0. The first-order valence-electron chi connectivity index (χ1n) is 4.83. The summed E-state index contributed by atoms with van der Waals surface area (Å²) in [6.45, 7) is 4.18. The molecule has 1 aliphatic heterocycles. The molecule has 0 amide bonds. The van der Waals surface area contributed by atoms with Crippen LogP contribution in [-0.2, 0) is 5.41 Å². The van der Waals surface area contributed by atoms with Gasteiger partial charge in [0.25, 0.3) is 0 Å². The summed E-state index contributed by atoms with van der Waals surface area (Å²) in [6.07, 6.45) is 2.38. The second-order valence-electron chi connectivity index (χ2n) is 4.37. The Morgan fingerprint density at radius 3 is 2.77 bits per heavy atom. The fourth-order valence-electron chi connectivity index (χ4n) is 1.52. The van der Waals surface area contributed by atoms with Crippen molar-refractivity contribution in [1.82, 2.24) is 15.5 Å². The van der Waals surface area contributed by atoms with E-state index in [1.165, 1.54) is 12.8 Å². The minimum Gasteiger partial charge on any atom is -0.339 e. The monoisotopic (exact) mass is 179 g/mol. The van der Waals surface area contributed by atoms with Gasteiger partial charge in [-0.25, -0.2) is 0 Å². The number of nitrogens with zero attached hydrogens (tertiary/aromatic N) is 2. The van der Waals surface area contributed by atoms with Gasteiger partial charge in [-0.15, -0.1) is 0 Å². The van der Waals surface area contributed by atoms with Crippen LogP contribution < -0.4 is 5.32 Å². The van der Waals surface area contributed by atoms with Gasteiger partial charge in [0, 0.05) is 24.4 Å². The largest absolute Gasteiger partial charge is 0.339 e. The average Bonchev–Trinajstić information content (AvgIpc) is 2.61. The fraction of sp³-hybridized carbons (Fsp3) is 0.778. The number of aromatic nitrogens is 2. The Labute approximate surface area is 76.7 Å².